The Bertz CT molecular complexity index is 810. The van der Waals surface area contributed by atoms with Crippen LogP contribution < -0.4 is 5.73 Å². The average molecular weight is 287 g/mol. The van der Waals surface area contributed by atoms with Crippen LogP contribution in [-0.4, -0.2) is 9.97 Å². The van der Waals surface area contributed by atoms with Gasteiger partial charge in [0.25, 0.3) is 0 Å². The second-order valence-corrected chi connectivity index (χ2v) is 5.07. The maximum Gasteiger partial charge on any atom is 0.0933 e. The van der Waals surface area contributed by atoms with Crippen molar-refractivity contribution in [2.45, 2.75) is 6.92 Å². The number of pyridine rings is 2. The van der Waals surface area contributed by atoms with Gasteiger partial charge in [0.15, 0.2) is 0 Å². The predicted molar refractivity (Wildman–Crippen MR) is 92.6 cm³/mol. The smallest absolute Gasteiger partial charge is 0.0933 e. The molecule has 108 valence electrons. The molecule has 4 aromatic rings. The first-order valence-corrected chi connectivity index (χ1v) is 7.15. The Kier molecular flexibility index (Phi) is 3.97. The normalized spacial score (nSPS) is 10.2. The fourth-order valence-electron chi connectivity index (χ4n) is 2.35. The van der Waals surface area contributed by atoms with Crippen LogP contribution in [0.2, 0.25) is 0 Å². The van der Waals surface area contributed by atoms with Gasteiger partial charge in [-0.25, -0.2) is 0 Å². The highest BCUT2D eigenvalue weighted by molar-refractivity contribution is 5.91. The zero-order valence-corrected chi connectivity index (χ0v) is 12.4. The molecule has 2 N–H and O–H groups in total. The lowest BCUT2D eigenvalue weighted by Crippen LogP contribution is -1.89. The van der Waals surface area contributed by atoms with Crippen LogP contribution in [0.25, 0.3) is 21.8 Å². The molecule has 3 nitrogen and oxygen atoms in total. The van der Waals surface area contributed by atoms with Crippen molar-refractivity contribution in [2.75, 3.05) is 5.73 Å². The number of fused-ring (bicyclic) bond motifs is 2. The zero-order chi connectivity index (χ0) is 15.4. The molecule has 3 heteroatoms. The Balaban J connectivity index is 0.000000133. The highest BCUT2D eigenvalue weighted by atomic mass is 14.7. The van der Waals surface area contributed by atoms with E-state index in [9.17, 15) is 0 Å². The number of benzene rings is 2. The average Bonchev–Trinajstić information content (AvgIpc) is 2.57. The summed E-state index contributed by atoms with van der Waals surface area (Å²) in [7, 11) is 0. The maximum absolute atomic E-state index is 5.76. The first-order valence-electron chi connectivity index (χ1n) is 7.15. The van der Waals surface area contributed by atoms with Crippen molar-refractivity contribution < 1.29 is 0 Å². The monoisotopic (exact) mass is 287 g/mol. The molecule has 0 radical (unpaired) electrons. The molecule has 4 rings (SSSR count). The molecule has 0 saturated heterocycles. The molecule has 0 atom stereocenters. The number of aromatic nitrogens is 2. The summed E-state index contributed by atoms with van der Waals surface area (Å²) in [6.07, 6.45) is 3.59. The van der Waals surface area contributed by atoms with E-state index in [0.717, 1.165) is 22.1 Å². The van der Waals surface area contributed by atoms with Crippen LogP contribution in [-0.2, 0) is 0 Å². The van der Waals surface area contributed by atoms with E-state index >= 15 is 0 Å². The highest BCUT2D eigenvalue weighted by Crippen LogP contribution is 2.20. The number of hydrogen-bond donors (Lipinski definition) is 1. The van der Waals surface area contributed by atoms with Crippen LogP contribution in [0.1, 0.15) is 5.56 Å². The molecule has 2 heterocycles. The molecular formula is C19H17N3. The van der Waals surface area contributed by atoms with Gasteiger partial charge in [-0.15, -0.1) is 0 Å². The van der Waals surface area contributed by atoms with Crippen LogP contribution in [0, 0.1) is 6.92 Å². The predicted octanol–water partition coefficient (Wildman–Crippen LogP) is 4.36. The van der Waals surface area contributed by atoms with Crippen LogP contribution in [0.3, 0.4) is 0 Å². The standard InChI is InChI=1S/C10H10N2.C9H7N/c1-7-5-6-12-10-8(7)3-2-4-9(10)11;1-2-6-9-8(4-1)5-3-7-10-9/h2-6H,11H2,1H3;1-7H. The van der Waals surface area contributed by atoms with Crippen molar-refractivity contribution in [3.8, 4) is 0 Å². The van der Waals surface area contributed by atoms with Gasteiger partial charge in [-0.2, -0.15) is 0 Å². The molecule has 0 bridgehead atoms. The Morgan fingerprint density at radius 1 is 0.773 bits per heavy atom. The quantitative estimate of drug-likeness (QED) is 0.489. The molecule has 0 saturated carbocycles. The maximum atomic E-state index is 5.76. The number of aryl methyl sites for hydroxylation is 1. The lowest BCUT2D eigenvalue weighted by Gasteiger charge is -2.02. The van der Waals surface area contributed by atoms with Crippen molar-refractivity contribution in [1.82, 2.24) is 9.97 Å². The second-order valence-electron chi connectivity index (χ2n) is 5.07. The highest BCUT2D eigenvalue weighted by Gasteiger charge is 1.99. The minimum absolute atomic E-state index is 0.746. The van der Waals surface area contributed by atoms with Crippen LogP contribution in [0.5, 0.6) is 0 Å². The number of para-hydroxylation sites is 2. The molecule has 0 spiro atoms. The van der Waals surface area contributed by atoms with Crippen molar-refractivity contribution in [3.05, 3.63) is 78.6 Å². The number of rotatable bonds is 0. The van der Waals surface area contributed by atoms with Crippen molar-refractivity contribution in [1.29, 1.82) is 0 Å². The van der Waals surface area contributed by atoms with E-state index in [0.29, 0.717) is 0 Å². The van der Waals surface area contributed by atoms with Gasteiger partial charge >= 0.3 is 0 Å². The summed E-state index contributed by atoms with van der Waals surface area (Å²) >= 11 is 0. The third-order valence-electron chi connectivity index (χ3n) is 3.53. The summed E-state index contributed by atoms with van der Waals surface area (Å²) in [6.45, 7) is 2.06. The van der Waals surface area contributed by atoms with Crippen molar-refractivity contribution >= 4 is 27.5 Å². The molecule has 0 aliphatic rings. The summed E-state index contributed by atoms with van der Waals surface area (Å²) in [5.74, 6) is 0. The van der Waals surface area contributed by atoms with Gasteiger partial charge in [-0.05, 0) is 36.8 Å². The van der Waals surface area contributed by atoms with Crippen molar-refractivity contribution in [2.24, 2.45) is 0 Å². The summed E-state index contributed by atoms with van der Waals surface area (Å²) in [5, 5.41) is 2.34. The van der Waals surface area contributed by atoms with Gasteiger partial charge in [-0.3, -0.25) is 9.97 Å². The summed E-state index contributed by atoms with van der Waals surface area (Å²) in [4.78, 5) is 8.40. The number of nitrogen functional groups attached to an aromatic ring is 1. The van der Waals surface area contributed by atoms with Crippen LogP contribution in [0.15, 0.2) is 73.1 Å². The Morgan fingerprint density at radius 3 is 2.41 bits per heavy atom. The second kappa shape index (κ2) is 6.22. The lowest BCUT2D eigenvalue weighted by atomic mass is 10.1. The Hall–Kier alpha value is -2.94. The number of nitrogens with two attached hydrogens (primary N) is 1. The Morgan fingerprint density at radius 2 is 1.59 bits per heavy atom. The molecule has 0 fully saturated rings. The van der Waals surface area contributed by atoms with Gasteiger partial charge in [0, 0.05) is 23.2 Å². The van der Waals surface area contributed by atoms with E-state index < -0.39 is 0 Å². The fraction of sp³-hybridized carbons (Fsp3) is 0.0526. The van der Waals surface area contributed by atoms with E-state index in [1.54, 1.807) is 6.20 Å². The van der Waals surface area contributed by atoms with Gasteiger partial charge in [0.05, 0.1) is 16.7 Å². The number of anilines is 1. The third-order valence-corrected chi connectivity index (χ3v) is 3.53. The molecule has 22 heavy (non-hydrogen) atoms. The molecule has 0 amide bonds. The molecular weight excluding hydrogens is 270 g/mol. The van der Waals surface area contributed by atoms with Gasteiger partial charge in [0.1, 0.15) is 0 Å². The largest absolute Gasteiger partial charge is 0.397 e. The molecule has 0 aliphatic heterocycles. The first-order chi connectivity index (χ1) is 10.8. The topological polar surface area (TPSA) is 51.8 Å². The van der Waals surface area contributed by atoms with Gasteiger partial charge in [-0.1, -0.05) is 36.4 Å². The summed E-state index contributed by atoms with van der Waals surface area (Å²) in [6, 6.07) is 19.9. The molecule has 2 aromatic heterocycles. The van der Waals surface area contributed by atoms with E-state index in [1.165, 1.54) is 10.9 Å². The molecule has 0 unspecified atom stereocenters. The van der Waals surface area contributed by atoms with E-state index in [4.69, 9.17) is 5.73 Å². The van der Waals surface area contributed by atoms with Gasteiger partial charge < -0.3 is 5.73 Å². The minimum Gasteiger partial charge on any atom is -0.397 e. The molecule has 0 aliphatic carbocycles. The van der Waals surface area contributed by atoms with E-state index in [1.807, 2.05) is 54.7 Å². The van der Waals surface area contributed by atoms with Crippen LogP contribution in [0.4, 0.5) is 5.69 Å². The lowest BCUT2D eigenvalue weighted by molar-refractivity contribution is 1.37. The zero-order valence-electron chi connectivity index (χ0n) is 12.4. The minimum atomic E-state index is 0.746. The summed E-state index contributed by atoms with van der Waals surface area (Å²) < 4.78 is 0. The SMILES string of the molecule is Cc1ccnc2c(N)cccc12.c1ccc2ncccc2c1. The summed E-state index contributed by atoms with van der Waals surface area (Å²) in [5.41, 5.74) is 9.68. The first kappa shape index (κ1) is 14.0. The van der Waals surface area contributed by atoms with Gasteiger partial charge in [0.2, 0.25) is 0 Å². The van der Waals surface area contributed by atoms with E-state index in [-0.39, 0.29) is 0 Å². The fourth-order valence-corrected chi connectivity index (χ4v) is 2.35. The third kappa shape index (κ3) is 2.88. The number of nitrogens with zero attached hydrogens (tertiary/aromatic N) is 2. The molecule has 2 aromatic carbocycles. The van der Waals surface area contributed by atoms with E-state index in [2.05, 4.69) is 29.0 Å². The van der Waals surface area contributed by atoms with Crippen LogP contribution >= 0.6 is 0 Å². The number of hydrogen-bond acceptors (Lipinski definition) is 3. The Labute approximate surface area is 129 Å². The van der Waals surface area contributed by atoms with Crippen molar-refractivity contribution in [3.63, 3.8) is 0 Å².